The predicted octanol–water partition coefficient (Wildman–Crippen LogP) is 1.09. The largest absolute Gasteiger partial charge is 0.392 e. The highest BCUT2D eigenvalue weighted by molar-refractivity contribution is 7.07. The summed E-state index contributed by atoms with van der Waals surface area (Å²) >= 11 is 1.75. The van der Waals surface area contributed by atoms with Crippen LogP contribution in [0.2, 0.25) is 0 Å². The summed E-state index contributed by atoms with van der Waals surface area (Å²) < 4.78 is 2.25. The minimum atomic E-state index is -0.248. The first-order valence-corrected chi connectivity index (χ1v) is 8.68. The van der Waals surface area contributed by atoms with Gasteiger partial charge in [-0.2, -0.15) is 11.3 Å². The van der Waals surface area contributed by atoms with E-state index in [0.717, 1.165) is 50.8 Å². The molecule has 0 saturated carbocycles. The molecule has 0 unspecified atom stereocenters. The quantitative estimate of drug-likeness (QED) is 0.918. The number of hydrogen-bond donors (Lipinski definition) is 1. The van der Waals surface area contributed by atoms with Crippen LogP contribution in [0.3, 0.4) is 0 Å². The van der Waals surface area contributed by atoms with Crippen molar-refractivity contribution in [2.24, 2.45) is 0 Å². The van der Waals surface area contributed by atoms with Crippen LogP contribution in [0.1, 0.15) is 29.7 Å². The fourth-order valence-electron chi connectivity index (χ4n) is 3.53. The molecule has 0 amide bonds. The predicted molar refractivity (Wildman–Crippen MR) is 84.4 cm³/mol. The standard InChI is InChI=1S/C15H21N5OS/c1-18-8-12(21)6-13(18)15-17-16-14-9-19(3-4-20(14)15)7-11-2-5-22-10-11/h2,5,10,12-13,21H,3-4,6-9H2,1H3/t12-,13+/m1/s1. The van der Waals surface area contributed by atoms with E-state index in [4.69, 9.17) is 0 Å². The summed E-state index contributed by atoms with van der Waals surface area (Å²) in [6.45, 7) is 4.50. The van der Waals surface area contributed by atoms with E-state index in [0.29, 0.717) is 0 Å². The van der Waals surface area contributed by atoms with Gasteiger partial charge in [0.2, 0.25) is 0 Å². The van der Waals surface area contributed by atoms with Gasteiger partial charge in [0.15, 0.2) is 5.82 Å². The Bertz CT molecular complexity index is 640. The van der Waals surface area contributed by atoms with Gasteiger partial charge in [-0.25, -0.2) is 0 Å². The monoisotopic (exact) mass is 319 g/mol. The molecule has 118 valence electrons. The van der Waals surface area contributed by atoms with Gasteiger partial charge >= 0.3 is 0 Å². The molecule has 0 bridgehead atoms. The molecule has 4 rings (SSSR count). The minimum absolute atomic E-state index is 0.194. The number of fused-ring (bicyclic) bond motifs is 1. The zero-order valence-corrected chi connectivity index (χ0v) is 13.5. The third-order valence-electron chi connectivity index (χ3n) is 4.67. The lowest BCUT2D eigenvalue weighted by Gasteiger charge is -2.28. The van der Waals surface area contributed by atoms with Gasteiger partial charge in [-0.3, -0.25) is 9.80 Å². The number of hydrogen-bond acceptors (Lipinski definition) is 6. The van der Waals surface area contributed by atoms with Crippen molar-refractivity contribution in [1.82, 2.24) is 24.6 Å². The van der Waals surface area contributed by atoms with Crippen LogP contribution in [0.5, 0.6) is 0 Å². The van der Waals surface area contributed by atoms with Crippen LogP contribution in [0, 0.1) is 0 Å². The van der Waals surface area contributed by atoms with E-state index < -0.39 is 0 Å². The van der Waals surface area contributed by atoms with E-state index in [9.17, 15) is 5.11 Å². The Kier molecular flexibility index (Phi) is 3.73. The van der Waals surface area contributed by atoms with E-state index in [2.05, 4.69) is 41.4 Å². The van der Waals surface area contributed by atoms with E-state index in [-0.39, 0.29) is 12.1 Å². The number of aliphatic hydroxyl groups is 1. The average molecular weight is 319 g/mol. The van der Waals surface area contributed by atoms with Crippen molar-refractivity contribution in [3.8, 4) is 0 Å². The second-order valence-corrected chi connectivity index (χ2v) is 7.09. The Balaban J connectivity index is 1.50. The molecule has 0 aromatic carbocycles. The van der Waals surface area contributed by atoms with Gasteiger partial charge in [-0.1, -0.05) is 0 Å². The van der Waals surface area contributed by atoms with E-state index in [1.165, 1.54) is 5.56 Å². The molecule has 2 aliphatic rings. The molecule has 4 heterocycles. The fourth-order valence-corrected chi connectivity index (χ4v) is 4.19. The molecule has 0 spiro atoms. The van der Waals surface area contributed by atoms with Crippen molar-refractivity contribution in [1.29, 1.82) is 0 Å². The summed E-state index contributed by atoms with van der Waals surface area (Å²) in [5, 5.41) is 23.0. The van der Waals surface area contributed by atoms with Crippen molar-refractivity contribution in [2.75, 3.05) is 20.1 Å². The summed E-state index contributed by atoms with van der Waals surface area (Å²) in [4.78, 5) is 4.60. The lowest BCUT2D eigenvalue weighted by Crippen LogP contribution is -2.34. The van der Waals surface area contributed by atoms with Gasteiger partial charge in [0, 0.05) is 26.2 Å². The van der Waals surface area contributed by atoms with Gasteiger partial charge in [-0.15, -0.1) is 10.2 Å². The Morgan fingerprint density at radius 3 is 3.00 bits per heavy atom. The lowest BCUT2D eigenvalue weighted by molar-refractivity contribution is 0.182. The SMILES string of the molecule is CN1C[C@H](O)C[C@H]1c1nnc2n1CCN(Cc1ccsc1)C2. The first kappa shape index (κ1) is 14.3. The Hall–Kier alpha value is -1.28. The lowest BCUT2D eigenvalue weighted by atomic mass is 10.2. The van der Waals surface area contributed by atoms with Crippen molar-refractivity contribution in [2.45, 2.75) is 38.2 Å². The fraction of sp³-hybridized carbons (Fsp3) is 0.600. The molecular weight excluding hydrogens is 298 g/mol. The summed E-state index contributed by atoms with van der Waals surface area (Å²) in [5.74, 6) is 2.07. The highest BCUT2D eigenvalue weighted by atomic mass is 32.1. The summed E-state index contributed by atoms with van der Waals surface area (Å²) in [7, 11) is 2.05. The van der Waals surface area contributed by atoms with E-state index >= 15 is 0 Å². The number of likely N-dealkylation sites (N-methyl/N-ethyl adjacent to an activating group) is 1. The van der Waals surface area contributed by atoms with Crippen LogP contribution in [0.15, 0.2) is 16.8 Å². The Morgan fingerprint density at radius 2 is 2.27 bits per heavy atom. The number of likely N-dealkylation sites (tertiary alicyclic amines) is 1. The highest BCUT2D eigenvalue weighted by Crippen LogP contribution is 2.31. The van der Waals surface area contributed by atoms with Gasteiger partial charge in [0.05, 0.1) is 18.7 Å². The molecule has 2 aromatic heterocycles. The zero-order chi connectivity index (χ0) is 15.1. The van der Waals surface area contributed by atoms with E-state index in [1.807, 2.05) is 7.05 Å². The molecule has 0 radical (unpaired) electrons. The number of β-amino-alcohol motifs (C(OH)–C–C–N with tert-alkyl or cyclic N) is 1. The van der Waals surface area contributed by atoms with Crippen molar-refractivity contribution >= 4 is 11.3 Å². The molecule has 6 nitrogen and oxygen atoms in total. The molecule has 2 atom stereocenters. The average Bonchev–Trinajstić information content (AvgIpc) is 3.19. The third-order valence-corrected chi connectivity index (χ3v) is 5.40. The maximum absolute atomic E-state index is 9.85. The maximum Gasteiger partial charge on any atom is 0.150 e. The molecule has 2 aromatic rings. The van der Waals surface area contributed by atoms with Crippen LogP contribution >= 0.6 is 11.3 Å². The van der Waals surface area contributed by atoms with Gasteiger partial charge in [-0.05, 0) is 35.9 Å². The van der Waals surface area contributed by atoms with Crippen LogP contribution in [0.25, 0.3) is 0 Å². The first-order chi connectivity index (χ1) is 10.7. The van der Waals surface area contributed by atoms with Gasteiger partial charge in [0.25, 0.3) is 0 Å². The second kappa shape index (κ2) is 5.73. The first-order valence-electron chi connectivity index (χ1n) is 7.74. The summed E-state index contributed by atoms with van der Waals surface area (Å²) in [5.41, 5.74) is 1.37. The van der Waals surface area contributed by atoms with Crippen LogP contribution in [-0.4, -0.2) is 55.9 Å². The molecule has 1 saturated heterocycles. The zero-order valence-electron chi connectivity index (χ0n) is 12.7. The second-order valence-electron chi connectivity index (χ2n) is 6.31. The summed E-state index contributed by atoms with van der Waals surface area (Å²) in [6.07, 6.45) is 0.509. The molecule has 2 aliphatic heterocycles. The van der Waals surface area contributed by atoms with Crippen molar-refractivity contribution in [3.05, 3.63) is 34.0 Å². The minimum Gasteiger partial charge on any atom is -0.392 e. The number of nitrogens with zero attached hydrogens (tertiary/aromatic N) is 5. The molecule has 22 heavy (non-hydrogen) atoms. The molecule has 7 heteroatoms. The van der Waals surface area contributed by atoms with Crippen molar-refractivity contribution < 1.29 is 5.11 Å². The summed E-state index contributed by atoms with van der Waals surface area (Å²) in [6, 6.07) is 2.38. The van der Waals surface area contributed by atoms with Crippen molar-refractivity contribution in [3.63, 3.8) is 0 Å². The van der Waals surface area contributed by atoms with Gasteiger partial charge < -0.3 is 9.67 Å². The molecule has 0 aliphatic carbocycles. The van der Waals surface area contributed by atoms with Crippen LogP contribution in [0.4, 0.5) is 0 Å². The highest BCUT2D eigenvalue weighted by Gasteiger charge is 2.34. The number of aromatic nitrogens is 3. The number of thiophene rings is 1. The molecular formula is C15H21N5OS. The van der Waals surface area contributed by atoms with Gasteiger partial charge in [0.1, 0.15) is 5.82 Å². The Morgan fingerprint density at radius 1 is 1.36 bits per heavy atom. The number of rotatable bonds is 3. The Labute approximate surface area is 134 Å². The third kappa shape index (κ3) is 2.58. The maximum atomic E-state index is 9.85. The van der Waals surface area contributed by atoms with Crippen LogP contribution in [-0.2, 0) is 19.6 Å². The topological polar surface area (TPSA) is 57.4 Å². The normalized spacial score (nSPS) is 26.5. The molecule has 1 N–H and O–H groups in total. The number of aliphatic hydroxyl groups excluding tert-OH is 1. The molecule has 1 fully saturated rings. The van der Waals surface area contributed by atoms with Crippen LogP contribution < -0.4 is 0 Å². The smallest absolute Gasteiger partial charge is 0.150 e. The van der Waals surface area contributed by atoms with E-state index in [1.54, 1.807) is 11.3 Å².